The maximum atomic E-state index is 14.6. The number of hydrogen-bond donors (Lipinski definition) is 1. The number of amides is 2. The van der Waals surface area contributed by atoms with Gasteiger partial charge in [0.05, 0.1) is 18.2 Å². The Bertz CT molecular complexity index is 1280. The number of amidine groups is 1. The summed E-state index contributed by atoms with van der Waals surface area (Å²) in [6.45, 7) is 10.8. The van der Waals surface area contributed by atoms with Crippen LogP contribution in [0.3, 0.4) is 0 Å². The predicted molar refractivity (Wildman–Crippen MR) is 143 cm³/mol. The highest BCUT2D eigenvalue weighted by atomic mass is 32.1. The topological polar surface area (TPSA) is 90.4 Å². The van der Waals surface area contributed by atoms with Crippen LogP contribution in [0.1, 0.15) is 42.9 Å². The summed E-state index contributed by atoms with van der Waals surface area (Å²) in [6, 6.07) is 4.42. The van der Waals surface area contributed by atoms with Gasteiger partial charge in [-0.05, 0) is 44.9 Å². The molecule has 1 N–H and O–H groups in total. The summed E-state index contributed by atoms with van der Waals surface area (Å²) >= 11 is 1.44. The Hall–Kier alpha value is -3.31. The normalized spacial score (nSPS) is 22.1. The fraction of sp³-hybridized carbons (Fsp3) is 0.481. The minimum absolute atomic E-state index is 0.0854. The van der Waals surface area contributed by atoms with Crippen molar-refractivity contribution in [3.05, 3.63) is 63.0 Å². The number of aromatic nitrogens is 1. The predicted octanol–water partition coefficient (Wildman–Crippen LogP) is 3.33. The van der Waals surface area contributed by atoms with E-state index in [9.17, 15) is 14.0 Å². The van der Waals surface area contributed by atoms with Crippen LogP contribution in [0.15, 0.2) is 46.0 Å². The van der Waals surface area contributed by atoms with E-state index in [0.717, 1.165) is 0 Å². The minimum Gasteiger partial charge on any atom is -0.463 e. The molecule has 4 heterocycles. The summed E-state index contributed by atoms with van der Waals surface area (Å²) in [5.74, 6) is -0.294. The average molecular weight is 541 g/mol. The molecule has 202 valence electrons. The van der Waals surface area contributed by atoms with Crippen LogP contribution in [-0.4, -0.2) is 88.9 Å². The van der Waals surface area contributed by atoms with Gasteiger partial charge < -0.3 is 19.9 Å². The first kappa shape index (κ1) is 26.3. The average Bonchev–Trinajstić information content (AvgIpc) is 3.54. The van der Waals surface area contributed by atoms with Crippen LogP contribution < -0.4 is 5.32 Å². The number of urea groups is 1. The van der Waals surface area contributed by atoms with E-state index in [1.54, 1.807) is 32.2 Å². The van der Waals surface area contributed by atoms with E-state index < -0.39 is 12.0 Å². The number of piperazine rings is 1. The van der Waals surface area contributed by atoms with Gasteiger partial charge in [0, 0.05) is 56.0 Å². The smallest absolute Gasteiger partial charge is 0.338 e. The zero-order valence-corrected chi connectivity index (χ0v) is 22.9. The Morgan fingerprint density at radius 3 is 2.82 bits per heavy atom. The molecule has 2 atom stereocenters. The van der Waals surface area contributed by atoms with Gasteiger partial charge in [0.1, 0.15) is 11.9 Å². The molecule has 0 saturated carbocycles. The van der Waals surface area contributed by atoms with Gasteiger partial charge in [0.15, 0.2) is 10.8 Å². The van der Waals surface area contributed by atoms with E-state index >= 15 is 0 Å². The van der Waals surface area contributed by atoms with Crippen LogP contribution in [0.5, 0.6) is 0 Å². The zero-order valence-electron chi connectivity index (χ0n) is 22.1. The van der Waals surface area contributed by atoms with Crippen LogP contribution in [0, 0.1) is 12.7 Å². The molecule has 2 saturated heterocycles. The monoisotopic (exact) mass is 540 g/mol. The van der Waals surface area contributed by atoms with Crippen molar-refractivity contribution in [2.75, 3.05) is 39.3 Å². The molecule has 1 aromatic carbocycles. The molecule has 0 unspecified atom stereocenters. The van der Waals surface area contributed by atoms with Crippen molar-refractivity contribution >= 4 is 29.2 Å². The first-order valence-electron chi connectivity index (χ1n) is 13.0. The number of nitrogens with one attached hydrogen (secondary N) is 1. The lowest BCUT2D eigenvalue weighted by Crippen LogP contribution is -2.53. The quantitative estimate of drug-likeness (QED) is 0.542. The summed E-state index contributed by atoms with van der Waals surface area (Å²) < 4.78 is 20.1. The Kier molecular flexibility index (Phi) is 7.49. The molecule has 38 heavy (non-hydrogen) atoms. The Morgan fingerprint density at radius 1 is 1.29 bits per heavy atom. The maximum absolute atomic E-state index is 14.6. The standard InChI is InChI=1S/C27H33FN6O3S/c1-5-37-26(35)22-21(15-32-10-11-33-18(13-32)14-34(16(2)3)27(33)36)30-24(25-29-9-12-38-25)31-23(22)19-7-6-8-20(28)17(19)4/h6-9,12,16,18,23H,5,10-11,13-15H2,1-4H3,(H,30,31)/t18-,23+/m1/s1. The highest BCUT2D eigenvalue weighted by Gasteiger charge is 2.42. The second-order valence-electron chi connectivity index (χ2n) is 10.0. The number of carbonyl (C=O) groups is 2. The van der Waals surface area contributed by atoms with Gasteiger partial charge in [-0.25, -0.2) is 19.0 Å². The molecular formula is C27H33FN6O3S. The van der Waals surface area contributed by atoms with E-state index in [1.165, 1.54) is 17.4 Å². The summed E-state index contributed by atoms with van der Waals surface area (Å²) in [7, 11) is 0. The molecule has 11 heteroatoms. The van der Waals surface area contributed by atoms with Gasteiger partial charge in [-0.3, -0.25) is 9.89 Å². The molecule has 0 aliphatic carbocycles. The van der Waals surface area contributed by atoms with Gasteiger partial charge in [0.25, 0.3) is 0 Å². The number of nitrogens with zero attached hydrogens (tertiary/aromatic N) is 5. The molecule has 0 radical (unpaired) electrons. The van der Waals surface area contributed by atoms with Crippen molar-refractivity contribution in [1.29, 1.82) is 0 Å². The lowest BCUT2D eigenvalue weighted by Gasteiger charge is -2.38. The van der Waals surface area contributed by atoms with Crippen LogP contribution in [0.2, 0.25) is 0 Å². The second-order valence-corrected chi connectivity index (χ2v) is 10.9. The molecule has 9 nitrogen and oxygen atoms in total. The molecule has 2 amide bonds. The van der Waals surface area contributed by atoms with E-state index in [2.05, 4.69) is 15.2 Å². The largest absolute Gasteiger partial charge is 0.463 e. The van der Waals surface area contributed by atoms with E-state index in [-0.39, 0.29) is 30.5 Å². The number of thiazole rings is 1. The van der Waals surface area contributed by atoms with Crippen molar-refractivity contribution < 1.29 is 18.7 Å². The SMILES string of the molecule is CCOC(=O)C1=C(CN2CCN3C(=O)N(C(C)C)C[C@H]3C2)NC(c2nccs2)=N[C@H]1c1cccc(F)c1C. The van der Waals surface area contributed by atoms with Crippen molar-refractivity contribution in [3.63, 3.8) is 0 Å². The van der Waals surface area contributed by atoms with Crippen molar-refractivity contribution in [3.8, 4) is 0 Å². The van der Waals surface area contributed by atoms with Gasteiger partial charge in [0.2, 0.25) is 0 Å². The van der Waals surface area contributed by atoms with Gasteiger partial charge in [-0.2, -0.15) is 0 Å². The lowest BCUT2D eigenvalue weighted by atomic mass is 9.92. The lowest BCUT2D eigenvalue weighted by molar-refractivity contribution is -0.139. The maximum Gasteiger partial charge on any atom is 0.338 e. The summed E-state index contributed by atoms with van der Waals surface area (Å²) in [4.78, 5) is 41.6. The molecule has 5 rings (SSSR count). The number of carbonyl (C=O) groups excluding carboxylic acids is 2. The Balaban J connectivity index is 1.51. The molecule has 0 bridgehead atoms. The zero-order chi connectivity index (χ0) is 27.0. The molecule has 2 aromatic rings. The number of fused-ring (bicyclic) bond motifs is 1. The van der Waals surface area contributed by atoms with Gasteiger partial charge in [-0.1, -0.05) is 12.1 Å². The number of ether oxygens (including phenoxy) is 1. The van der Waals surface area contributed by atoms with Crippen molar-refractivity contribution in [2.24, 2.45) is 4.99 Å². The number of halogens is 1. The Morgan fingerprint density at radius 2 is 2.11 bits per heavy atom. The number of hydrogen-bond acceptors (Lipinski definition) is 8. The fourth-order valence-corrected chi connectivity index (χ4v) is 5.95. The van der Waals surface area contributed by atoms with Crippen LogP contribution in [0.25, 0.3) is 0 Å². The third-order valence-electron chi connectivity index (χ3n) is 7.33. The van der Waals surface area contributed by atoms with Gasteiger partial charge >= 0.3 is 12.0 Å². The molecule has 2 fully saturated rings. The van der Waals surface area contributed by atoms with Crippen LogP contribution in [-0.2, 0) is 9.53 Å². The number of esters is 1. The number of aliphatic imine (C=N–C) groups is 1. The van der Waals surface area contributed by atoms with Crippen LogP contribution >= 0.6 is 11.3 Å². The van der Waals surface area contributed by atoms with E-state index in [1.807, 2.05) is 29.0 Å². The third-order valence-corrected chi connectivity index (χ3v) is 8.11. The van der Waals surface area contributed by atoms with Crippen molar-refractivity contribution in [2.45, 2.75) is 45.8 Å². The van der Waals surface area contributed by atoms with Gasteiger partial charge in [-0.15, -0.1) is 11.3 Å². The summed E-state index contributed by atoms with van der Waals surface area (Å²) in [6.07, 6.45) is 1.70. The first-order valence-corrected chi connectivity index (χ1v) is 13.9. The highest BCUT2D eigenvalue weighted by Crippen LogP contribution is 2.35. The molecule has 3 aliphatic rings. The number of rotatable bonds is 7. The number of benzene rings is 1. The molecular weight excluding hydrogens is 507 g/mol. The van der Waals surface area contributed by atoms with Crippen molar-refractivity contribution in [1.82, 2.24) is 25.0 Å². The van der Waals surface area contributed by atoms with E-state index in [0.29, 0.717) is 66.0 Å². The molecule has 1 aromatic heterocycles. The highest BCUT2D eigenvalue weighted by molar-refractivity contribution is 7.11. The molecule has 3 aliphatic heterocycles. The molecule has 0 spiro atoms. The first-order chi connectivity index (χ1) is 18.3. The van der Waals surface area contributed by atoms with E-state index in [4.69, 9.17) is 9.73 Å². The minimum atomic E-state index is -0.745. The summed E-state index contributed by atoms with van der Waals surface area (Å²) in [5, 5.41) is 5.92. The summed E-state index contributed by atoms with van der Waals surface area (Å²) in [5.41, 5.74) is 2.08. The fourth-order valence-electron chi connectivity index (χ4n) is 5.36. The Labute approximate surface area is 226 Å². The second kappa shape index (κ2) is 10.8. The van der Waals surface area contributed by atoms with Crippen LogP contribution in [0.4, 0.5) is 9.18 Å². The third kappa shape index (κ3) is 4.92.